The molecule has 5 rings (SSSR count). The highest BCUT2D eigenvalue weighted by Crippen LogP contribution is 2.32. The molecule has 2 aromatic carbocycles. The molecule has 0 spiro atoms. The van der Waals surface area contributed by atoms with Crippen molar-refractivity contribution in [2.45, 2.75) is 26.3 Å². The van der Waals surface area contributed by atoms with Gasteiger partial charge in [0.25, 0.3) is 0 Å². The summed E-state index contributed by atoms with van der Waals surface area (Å²) < 4.78 is 12.4. The molecule has 31 heavy (non-hydrogen) atoms. The Labute approximate surface area is 181 Å². The van der Waals surface area contributed by atoms with E-state index < -0.39 is 6.04 Å². The number of aromatic nitrogens is 1. The molecule has 2 amide bonds. The zero-order chi connectivity index (χ0) is 22.1. The lowest BCUT2D eigenvalue weighted by Crippen LogP contribution is -2.57. The molecule has 1 fully saturated rings. The molecule has 1 aromatic heterocycles. The van der Waals surface area contributed by atoms with Gasteiger partial charge in [-0.15, -0.1) is 0 Å². The molecule has 0 saturated carbocycles. The summed E-state index contributed by atoms with van der Waals surface area (Å²) >= 11 is 0. The summed E-state index contributed by atoms with van der Waals surface area (Å²) in [6.07, 6.45) is 0.530. The van der Waals surface area contributed by atoms with Gasteiger partial charge in [-0.25, -0.2) is 0 Å². The van der Waals surface area contributed by atoms with Gasteiger partial charge < -0.3 is 24.3 Å². The first-order chi connectivity index (χ1) is 14.8. The first-order valence-corrected chi connectivity index (χ1v) is 10.3. The molecule has 7 heteroatoms. The molecule has 3 heterocycles. The van der Waals surface area contributed by atoms with Gasteiger partial charge >= 0.3 is 0 Å². The Balaban J connectivity index is 0.000000192. The van der Waals surface area contributed by atoms with E-state index in [0.717, 1.165) is 33.7 Å². The van der Waals surface area contributed by atoms with Gasteiger partial charge in [-0.1, -0.05) is 24.3 Å². The van der Waals surface area contributed by atoms with Crippen molar-refractivity contribution in [1.82, 2.24) is 14.8 Å². The zero-order valence-electron chi connectivity index (χ0n) is 18.3. The van der Waals surface area contributed by atoms with Gasteiger partial charge in [0.05, 0.1) is 6.54 Å². The number of ether oxygens (including phenoxy) is 2. The van der Waals surface area contributed by atoms with Crippen LogP contribution in [-0.2, 0) is 23.1 Å². The molecule has 1 atom stereocenters. The van der Waals surface area contributed by atoms with E-state index in [1.54, 1.807) is 7.05 Å². The summed E-state index contributed by atoms with van der Waals surface area (Å²) in [5.74, 6) is 1.59. The molecular weight excluding hydrogens is 394 g/mol. The minimum atomic E-state index is -0.472. The predicted molar refractivity (Wildman–Crippen MR) is 118 cm³/mol. The van der Waals surface area contributed by atoms with Crippen molar-refractivity contribution in [1.29, 1.82) is 0 Å². The van der Waals surface area contributed by atoms with E-state index in [1.807, 2.05) is 51.2 Å². The topological polar surface area (TPSA) is 72.8 Å². The SMILES string of the molecule is Cc1c(C[C@@H]2NC(=O)CN(C)C2=O)c2ccccc2n1C.Cc1ccc2c(c1)OCO2. The molecule has 0 aliphatic carbocycles. The smallest absolute Gasteiger partial charge is 0.245 e. The number of carbonyl (C=O) groups excluding carboxylic acids is 2. The van der Waals surface area contributed by atoms with Crippen LogP contribution in [0.1, 0.15) is 16.8 Å². The molecular formula is C24H27N3O4. The van der Waals surface area contributed by atoms with Crippen LogP contribution in [0.4, 0.5) is 0 Å². The second-order valence-electron chi connectivity index (χ2n) is 8.02. The third-order valence-corrected chi connectivity index (χ3v) is 5.86. The fraction of sp³-hybridized carbons (Fsp3) is 0.333. The maximum absolute atomic E-state index is 12.2. The highest BCUT2D eigenvalue weighted by molar-refractivity contribution is 5.95. The van der Waals surface area contributed by atoms with Crippen LogP contribution >= 0.6 is 0 Å². The number of rotatable bonds is 2. The van der Waals surface area contributed by atoms with Gasteiger partial charge in [-0.2, -0.15) is 0 Å². The summed E-state index contributed by atoms with van der Waals surface area (Å²) in [6, 6.07) is 13.6. The van der Waals surface area contributed by atoms with E-state index in [2.05, 4.69) is 22.0 Å². The zero-order valence-corrected chi connectivity index (χ0v) is 18.3. The number of benzene rings is 2. The first kappa shape index (κ1) is 20.8. The van der Waals surface area contributed by atoms with Gasteiger partial charge in [0.2, 0.25) is 18.6 Å². The molecule has 162 valence electrons. The van der Waals surface area contributed by atoms with Gasteiger partial charge in [0.15, 0.2) is 11.5 Å². The molecule has 1 saturated heterocycles. The Hall–Kier alpha value is -3.48. The minimum Gasteiger partial charge on any atom is -0.454 e. The van der Waals surface area contributed by atoms with Crippen LogP contribution in [0.5, 0.6) is 11.5 Å². The summed E-state index contributed by atoms with van der Waals surface area (Å²) in [5.41, 5.74) is 4.60. The third-order valence-electron chi connectivity index (χ3n) is 5.86. The minimum absolute atomic E-state index is 0.0260. The van der Waals surface area contributed by atoms with E-state index in [1.165, 1.54) is 10.5 Å². The Morgan fingerprint density at radius 3 is 2.58 bits per heavy atom. The molecule has 0 radical (unpaired) electrons. The number of likely N-dealkylation sites (N-methyl/N-ethyl adjacent to an activating group) is 1. The quantitative estimate of drug-likeness (QED) is 0.691. The second kappa shape index (κ2) is 8.34. The van der Waals surface area contributed by atoms with E-state index >= 15 is 0 Å². The standard InChI is InChI=1S/C16H19N3O2.C8H8O2/c1-10-12(11-6-4-5-7-14(11)19(10)3)8-13-16(21)18(2)9-15(20)17-13;1-6-2-3-7-8(4-6)10-5-9-7/h4-7,13H,8-9H2,1-3H3,(H,17,20);2-4H,5H2,1H3/t13-;/m0./s1. The van der Waals surface area contributed by atoms with Crippen LogP contribution in [-0.4, -0.2) is 47.7 Å². The Morgan fingerprint density at radius 1 is 1.03 bits per heavy atom. The molecule has 0 unspecified atom stereocenters. The van der Waals surface area contributed by atoms with E-state index in [4.69, 9.17) is 9.47 Å². The van der Waals surface area contributed by atoms with Crippen LogP contribution < -0.4 is 14.8 Å². The number of carbonyl (C=O) groups is 2. The van der Waals surface area contributed by atoms with E-state index in [9.17, 15) is 9.59 Å². The number of nitrogens with zero attached hydrogens (tertiary/aromatic N) is 2. The van der Waals surface area contributed by atoms with E-state index in [-0.39, 0.29) is 18.4 Å². The summed E-state index contributed by atoms with van der Waals surface area (Å²) in [6.45, 7) is 4.58. The van der Waals surface area contributed by atoms with Crippen molar-refractivity contribution in [2.24, 2.45) is 7.05 Å². The number of aryl methyl sites for hydroxylation is 2. The molecule has 0 bridgehead atoms. The number of hydrogen-bond acceptors (Lipinski definition) is 4. The average Bonchev–Trinajstić information content (AvgIpc) is 3.30. The third kappa shape index (κ3) is 4.08. The van der Waals surface area contributed by atoms with Crippen molar-refractivity contribution in [3.05, 3.63) is 59.3 Å². The molecule has 2 aliphatic rings. The Bertz CT molecular complexity index is 1150. The second-order valence-corrected chi connectivity index (χ2v) is 8.02. The van der Waals surface area contributed by atoms with Crippen LogP contribution in [0.25, 0.3) is 10.9 Å². The first-order valence-electron chi connectivity index (χ1n) is 10.3. The number of para-hydroxylation sites is 1. The maximum atomic E-state index is 12.2. The van der Waals surface area contributed by atoms with Gasteiger partial charge in [-0.3, -0.25) is 9.59 Å². The van der Waals surface area contributed by atoms with Crippen molar-refractivity contribution >= 4 is 22.7 Å². The van der Waals surface area contributed by atoms with E-state index in [0.29, 0.717) is 13.2 Å². The lowest BCUT2D eigenvalue weighted by Gasteiger charge is -2.29. The fourth-order valence-corrected chi connectivity index (χ4v) is 4.06. The van der Waals surface area contributed by atoms with Crippen LogP contribution in [0.3, 0.4) is 0 Å². The summed E-state index contributed by atoms with van der Waals surface area (Å²) in [7, 11) is 3.69. The Kier molecular flexibility index (Phi) is 5.59. The van der Waals surface area contributed by atoms with Gasteiger partial charge in [-0.05, 0) is 43.2 Å². The van der Waals surface area contributed by atoms with Gasteiger partial charge in [0, 0.05) is 37.1 Å². The predicted octanol–water partition coefficient (Wildman–Crippen LogP) is 2.71. The molecule has 7 nitrogen and oxygen atoms in total. The average molecular weight is 421 g/mol. The maximum Gasteiger partial charge on any atom is 0.245 e. The van der Waals surface area contributed by atoms with Crippen molar-refractivity contribution in [3.63, 3.8) is 0 Å². The summed E-state index contributed by atoms with van der Waals surface area (Å²) in [5, 5.41) is 3.95. The number of nitrogens with one attached hydrogen (secondary N) is 1. The molecule has 2 aliphatic heterocycles. The van der Waals surface area contributed by atoms with Crippen molar-refractivity contribution in [2.75, 3.05) is 20.4 Å². The van der Waals surface area contributed by atoms with Crippen LogP contribution in [0, 0.1) is 13.8 Å². The molecule has 3 aromatic rings. The highest BCUT2D eigenvalue weighted by Gasteiger charge is 2.31. The number of piperazine rings is 1. The lowest BCUT2D eigenvalue weighted by atomic mass is 10.0. The van der Waals surface area contributed by atoms with Crippen molar-refractivity contribution < 1.29 is 19.1 Å². The van der Waals surface area contributed by atoms with Gasteiger partial charge in [0.1, 0.15) is 6.04 Å². The number of amides is 2. The van der Waals surface area contributed by atoms with Crippen LogP contribution in [0.15, 0.2) is 42.5 Å². The number of hydrogen-bond donors (Lipinski definition) is 1. The van der Waals surface area contributed by atoms with Crippen molar-refractivity contribution in [3.8, 4) is 11.5 Å². The van der Waals surface area contributed by atoms with Crippen LogP contribution in [0.2, 0.25) is 0 Å². The monoisotopic (exact) mass is 421 g/mol. The highest BCUT2D eigenvalue weighted by atomic mass is 16.7. The fourth-order valence-electron chi connectivity index (χ4n) is 4.06. The Morgan fingerprint density at radius 2 is 1.77 bits per heavy atom. The normalized spacial score (nSPS) is 17.4. The summed E-state index contributed by atoms with van der Waals surface area (Å²) in [4.78, 5) is 25.4. The largest absolute Gasteiger partial charge is 0.454 e. The number of fused-ring (bicyclic) bond motifs is 2. The molecule has 1 N–H and O–H groups in total. The lowest BCUT2D eigenvalue weighted by molar-refractivity contribution is -0.142.